The fourth-order valence-electron chi connectivity index (χ4n) is 0.274. The molecule has 0 aliphatic carbocycles. The molecule has 0 unspecified atom stereocenters. The second-order valence-corrected chi connectivity index (χ2v) is 4.35. The van der Waals surface area contributed by atoms with Crippen LogP contribution in [0.1, 0.15) is 12.8 Å². The molecule has 0 saturated heterocycles. The van der Waals surface area contributed by atoms with Crippen LogP contribution < -0.4 is 0 Å². The lowest BCUT2D eigenvalue weighted by Crippen LogP contribution is -1.94. The largest absolute Gasteiger partial charge is 0.232 e. The van der Waals surface area contributed by atoms with Crippen molar-refractivity contribution in [1.82, 2.24) is 0 Å². The molecule has 0 aliphatic heterocycles. The zero-order valence-corrected chi connectivity index (χ0v) is 6.00. The Bertz CT molecular complexity index is 138. The predicted octanol–water partition coefficient (Wildman–Crippen LogP) is 1.17. The van der Waals surface area contributed by atoms with Crippen LogP contribution in [0.5, 0.6) is 0 Å². The second-order valence-electron chi connectivity index (χ2n) is 1.45. The van der Waals surface area contributed by atoms with Gasteiger partial charge in [-0.05, 0) is 6.42 Å². The van der Waals surface area contributed by atoms with Crippen LogP contribution in [0.4, 0.5) is 0 Å². The van der Waals surface area contributed by atoms with E-state index in [1.807, 2.05) is 0 Å². The Hall–Kier alpha value is 0.240. The summed E-state index contributed by atoms with van der Waals surface area (Å²) in [7, 11) is 1.60. The average Bonchev–Trinajstić information content (AvgIpc) is 1.59. The summed E-state index contributed by atoms with van der Waals surface area (Å²) in [5.74, 6) is 0.0397. The molecule has 8 heavy (non-hydrogen) atoms. The number of rotatable bonds is 3. The minimum Gasteiger partial charge on any atom is -0.212 e. The Balaban J connectivity index is 3.42. The van der Waals surface area contributed by atoms with Gasteiger partial charge in [-0.15, -0.1) is 0 Å². The van der Waals surface area contributed by atoms with Gasteiger partial charge in [-0.2, -0.15) is 0 Å². The molecule has 49 valence electrons. The molecular weight excluding hydrogens is 148 g/mol. The average molecular weight is 156 g/mol. The summed E-state index contributed by atoms with van der Waals surface area (Å²) in [6.45, 7) is 3.47. The lowest BCUT2D eigenvalue weighted by atomic mass is 10.4. The fraction of sp³-hybridized carbons (Fsp3) is 0.750. The van der Waals surface area contributed by atoms with Crippen molar-refractivity contribution in [3.8, 4) is 0 Å². The summed E-state index contributed by atoms with van der Waals surface area (Å²) in [5.41, 5.74) is 0. The Morgan fingerprint density at radius 1 is 1.50 bits per heavy atom. The van der Waals surface area contributed by atoms with E-state index in [1.165, 1.54) is 0 Å². The number of unbranched alkanes of at least 4 members (excludes halogenated alkanes) is 1. The highest BCUT2D eigenvalue weighted by Crippen LogP contribution is 1.99. The highest BCUT2D eigenvalue weighted by atomic mass is 35.7. The Kier molecular flexibility index (Phi) is 3.40. The third-order valence-corrected chi connectivity index (χ3v) is 1.88. The minimum absolute atomic E-state index is 0.0397. The van der Waals surface area contributed by atoms with Gasteiger partial charge in [-0.1, -0.05) is 13.3 Å². The molecule has 0 rings (SSSR count). The van der Waals surface area contributed by atoms with E-state index in [0.717, 1.165) is 0 Å². The third-order valence-electron chi connectivity index (χ3n) is 0.638. The van der Waals surface area contributed by atoms with Gasteiger partial charge >= 0.3 is 0 Å². The van der Waals surface area contributed by atoms with E-state index >= 15 is 0 Å². The van der Waals surface area contributed by atoms with Gasteiger partial charge in [0, 0.05) is 10.7 Å². The summed E-state index contributed by atoms with van der Waals surface area (Å²) in [6, 6.07) is 0. The standard InChI is InChI=1S/C4H8ClO2S/c1-2-3-4-8(5,6)7/h1-4H2. The van der Waals surface area contributed by atoms with Crippen molar-refractivity contribution in [2.24, 2.45) is 0 Å². The van der Waals surface area contributed by atoms with Gasteiger partial charge in [-0.3, -0.25) is 0 Å². The summed E-state index contributed by atoms with van der Waals surface area (Å²) in [5, 5.41) is 0. The van der Waals surface area contributed by atoms with Gasteiger partial charge < -0.3 is 0 Å². The molecule has 0 aromatic carbocycles. The van der Waals surface area contributed by atoms with Gasteiger partial charge in [0.1, 0.15) is 0 Å². The van der Waals surface area contributed by atoms with E-state index in [2.05, 4.69) is 6.92 Å². The summed E-state index contributed by atoms with van der Waals surface area (Å²) < 4.78 is 20.3. The first-order chi connectivity index (χ1) is 3.56. The maximum atomic E-state index is 10.1. The van der Waals surface area contributed by atoms with Crippen LogP contribution in [0, 0.1) is 6.92 Å². The zero-order valence-electron chi connectivity index (χ0n) is 4.43. The maximum Gasteiger partial charge on any atom is 0.232 e. The number of hydrogen-bond acceptors (Lipinski definition) is 2. The van der Waals surface area contributed by atoms with Gasteiger partial charge in [0.05, 0.1) is 5.75 Å². The smallest absolute Gasteiger partial charge is 0.212 e. The van der Waals surface area contributed by atoms with Crippen molar-refractivity contribution in [2.75, 3.05) is 5.75 Å². The van der Waals surface area contributed by atoms with Gasteiger partial charge in [0.2, 0.25) is 9.05 Å². The molecule has 0 amide bonds. The van der Waals surface area contributed by atoms with Gasteiger partial charge in [0.15, 0.2) is 0 Å². The molecule has 0 aliphatic rings. The van der Waals surface area contributed by atoms with Crippen LogP contribution >= 0.6 is 10.7 Å². The van der Waals surface area contributed by atoms with Crippen LogP contribution in [-0.2, 0) is 9.05 Å². The molecule has 0 spiro atoms. The molecule has 1 radical (unpaired) electrons. The first kappa shape index (κ1) is 8.24. The Labute approximate surface area is 54.3 Å². The Morgan fingerprint density at radius 2 is 2.00 bits per heavy atom. The maximum absolute atomic E-state index is 10.1. The predicted molar refractivity (Wildman–Crippen MR) is 34.2 cm³/mol. The van der Waals surface area contributed by atoms with E-state index in [1.54, 1.807) is 0 Å². The van der Waals surface area contributed by atoms with Crippen molar-refractivity contribution in [1.29, 1.82) is 0 Å². The molecule has 0 aromatic heterocycles. The van der Waals surface area contributed by atoms with Crippen molar-refractivity contribution < 1.29 is 8.42 Å². The SMILES string of the molecule is [CH2]CCCS(=O)(=O)Cl. The van der Waals surface area contributed by atoms with Gasteiger partial charge in [-0.25, -0.2) is 8.42 Å². The van der Waals surface area contributed by atoms with Crippen LogP contribution in [0.2, 0.25) is 0 Å². The normalized spacial score (nSPS) is 11.8. The quantitative estimate of drug-likeness (QED) is 0.574. The van der Waals surface area contributed by atoms with Crippen molar-refractivity contribution in [3.05, 3.63) is 6.92 Å². The lowest BCUT2D eigenvalue weighted by Gasteiger charge is -1.88. The highest BCUT2D eigenvalue weighted by Gasteiger charge is 2.01. The minimum atomic E-state index is -3.25. The van der Waals surface area contributed by atoms with Crippen molar-refractivity contribution in [2.45, 2.75) is 12.8 Å². The fourth-order valence-corrected chi connectivity index (χ4v) is 1.15. The van der Waals surface area contributed by atoms with E-state index < -0.39 is 9.05 Å². The van der Waals surface area contributed by atoms with Crippen LogP contribution in [0.15, 0.2) is 0 Å². The van der Waals surface area contributed by atoms with Crippen LogP contribution in [-0.4, -0.2) is 14.2 Å². The molecule has 0 aromatic rings. The number of halogens is 1. The topological polar surface area (TPSA) is 34.1 Å². The van der Waals surface area contributed by atoms with E-state index in [9.17, 15) is 8.42 Å². The lowest BCUT2D eigenvalue weighted by molar-refractivity contribution is 0.607. The molecule has 0 fully saturated rings. The molecule has 2 nitrogen and oxygen atoms in total. The highest BCUT2D eigenvalue weighted by molar-refractivity contribution is 8.13. The summed E-state index contributed by atoms with van der Waals surface area (Å²) in [6.07, 6.45) is 1.16. The molecule has 0 bridgehead atoms. The second kappa shape index (κ2) is 3.30. The first-order valence-corrected chi connectivity index (χ1v) is 4.75. The van der Waals surface area contributed by atoms with Crippen molar-refractivity contribution in [3.63, 3.8) is 0 Å². The molecule has 0 saturated carbocycles. The first-order valence-electron chi connectivity index (χ1n) is 2.28. The molecule has 4 heteroatoms. The molecular formula is C4H8ClO2S. The zero-order chi connectivity index (χ0) is 6.62. The summed E-state index contributed by atoms with van der Waals surface area (Å²) >= 11 is 0. The molecule has 0 N–H and O–H groups in total. The van der Waals surface area contributed by atoms with E-state index in [-0.39, 0.29) is 5.75 Å². The Morgan fingerprint density at radius 3 is 2.12 bits per heavy atom. The third kappa shape index (κ3) is 6.24. The molecule has 0 heterocycles. The molecule has 0 atom stereocenters. The monoisotopic (exact) mass is 155 g/mol. The summed E-state index contributed by atoms with van der Waals surface area (Å²) in [4.78, 5) is 0. The van der Waals surface area contributed by atoms with Crippen LogP contribution in [0.3, 0.4) is 0 Å². The number of hydrogen-bond donors (Lipinski definition) is 0. The van der Waals surface area contributed by atoms with E-state index in [4.69, 9.17) is 10.7 Å². The van der Waals surface area contributed by atoms with Crippen molar-refractivity contribution >= 4 is 19.7 Å². The van der Waals surface area contributed by atoms with E-state index in [0.29, 0.717) is 12.8 Å². The van der Waals surface area contributed by atoms with Gasteiger partial charge in [0.25, 0.3) is 0 Å². The van der Waals surface area contributed by atoms with Crippen LogP contribution in [0.25, 0.3) is 0 Å².